The summed E-state index contributed by atoms with van der Waals surface area (Å²) in [5.74, 6) is 0.239. The zero-order valence-electron chi connectivity index (χ0n) is 14.2. The predicted octanol–water partition coefficient (Wildman–Crippen LogP) is 3.52. The molecule has 3 N–H and O–H groups in total. The molecule has 3 heterocycles. The third kappa shape index (κ3) is 2.82. The van der Waals surface area contributed by atoms with E-state index in [0.29, 0.717) is 6.42 Å². The normalized spacial score (nSPS) is 11.0. The van der Waals surface area contributed by atoms with E-state index in [2.05, 4.69) is 9.97 Å². The summed E-state index contributed by atoms with van der Waals surface area (Å²) in [7, 11) is 1.64. The fourth-order valence-electron chi connectivity index (χ4n) is 3.09. The van der Waals surface area contributed by atoms with Gasteiger partial charge in [-0.1, -0.05) is 6.07 Å². The molecule has 3 aromatic heterocycles. The van der Waals surface area contributed by atoms with Gasteiger partial charge < -0.3 is 19.9 Å². The van der Waals surface area contributed by atoms with E-state index >= 15 is 0 Å². The lowest BCUT2D eigenvalue weighted by atomic mass is 10.0. The summed E-state index contributed by atoms with van der Waals surface area (Å²) in [5.41, 5.74) is 10.3. The van der Waals surface area contributed by atoms with Gasteiger partial charge in [-0.2, -0.15) is 0 Å². The number of nitrogens with two attached hydrogens (primary N) is 1. The zero-order chi connectivity index (χ0) is 18.1. The minimum atomic E-state index is -0.537. The summed E-state index contributed by atoms with van der Waals surface area (Å²) < 4.78 is 10.6. The van der Waals surface area contributed by atoms with Gasteiger partial charge in [0.05, 0.1) is 25.3 Å². The van der Waals surface area contributed by atoms with E-state index in [-0.39, 0.29) is 5.69 Å². The molecule has 0 spiro atoms. The van der Waals surface area contributed by atoms with Gasteiger partial charge in [0.1, 0.15) is 11.4 Å². The Bertz CT molecular complexity index is 1080. The number of hydrogen-bond acceptors (Lipinski definition) is 4. The van der Waals surface area contributed by atoms with Crippen molar-refractivity contribution in [1.29, 1.82) is 0 Å². The summed E-state index contributed by atoms with van der Waals surface area (Å²) in [6.07, 6.45) is 3.88. The smallest absolute Gasteiger partial charge is 0.267 e. The average molecular weight is 347 g/mol. The van der Waals surface area contributed by atoms with Crippen LogP contribution in [0, 0.1) is 0 Å². The number of pyridine rings is 1. The number of rotatable bonds is 5. The largest absolute Gasteiger partial charge is 0.497 e. The Hall–Kier alpha value is -3.54. The summed E-state index contributed by atoms with van der Waals surface area (Å²) in [6, 6.07) is 13.1. The molecular weight excluding hydrogens is 330 g/mol. The summed E-state index contributed by atoms with van der Waals surface area (Å²) in [4.78, 5) is 19.2. The molecule has 26 heavy (non-hydrogen) atoms. The van der Waals surface area contributed by atoms with Crippen molar-refractivity contribution in [3.63, 3.8) is 0 Å². The first-order valence-corrected chi connectivity index (χ1v) is 8.12. The lowest BCUT2D eigenvalue weighted by molar-refractivity contribution is 0.0995. The van der Waals surface area contributed by atoms with Crippen molar-refractivity contribution in [1.82, 2.24) is 9.97 Å². The number of amides is 1. The van der Waals surface area contributed by atoms with Gasteiger partial charge in [0.15, 0.2) is 0 Å². The topological polar surface area (TPSA) is 94.1 Å². The standard InChI is InChI=1S/C20H17N3O3/c1-25-14-5-6-15-16(9-13-3-2-4-17(22-13)20(21)24)19(23-18(15)10-14)12-7-8-26-11-12/h2-8,10-11,23H,9H2,1H3,(H2,21,24). The number of aromatic amines is 1. The number of furan rings is 1. The SMILES string of the molecule is COc1ccc2c(Cc3cccc(C(N)=O)n3)c(-c3ccoc3)[nH]c2c1. The molecule has 0 aliphatic carbocycles. The number of nitrogens with one attached hydrogen (secondary N) is 1. The molecule has 0 saturated carbocycles. The molecule has 0 aliphatic heterocycles. The zero-order valence-corrected chi connectivity index (χ0v) is 14.2. The third-order valence-corrected chi connectivity index (χ3v) is 4.34. The third-order valence-electron chi connectivity index (χ3n) is 4.34. The first-order valence-electron chi connectivity index (χ1n) is 8.12. The van der Waals surface area contributed by atoms with Crippen molar-refractivity contribution in [2.24, 2.45) is 5.73 Å². The van der Waals surface area contributed by atoms with Gasteiger partial charge >= 0.3 is 0 Å². The number of nitrogens with zero attached hydrogens (tertiary/aromatic N) is 1. The highest BCUT2D eigenvalue weighted by atomic mass is 16.5. The number of methoxy groups -OCH3 is 1. The van der Waals surface area contributed by atoms with Crippen LogP contribution < -0.4 is 10.5 Å². The van der Waals surface area contributed by atoms with Gasteiger partial charge in [0.25, 0.3) is 5.91 Å². The van der Waals surface area contributed by atoms with E-state index in [4.69, 9.17) is 14.9 Å². The Morgan fingerprint density at radius 1 is 1.27 bits per heavy atom. The van der Waals surface area contributed by atoms with E-state index in [1.54, 1.807) is 31.8 Å². The van der Waals surface area contributed by atoms with Crippen molar-refractivity contribution in [3.05, 3.63) is 71.9 Å². The van der Waals surface area contributed by atoms with E-state index < -0.39 is 5.91 Å². The van der Waals surface area contributed by atoms with Crippen molar-refractivity contribution in [2.75, 3.05) is 7.11 Å². The molecule has 0 atom stereocenters. The van der Waals surface area contributed by atoms with Crippen LogP contribution in [-0.2, 0) is 6.42 Å². The maximum absolute atomic E-state index is 11.4. The summed E-state index contributed by atoms with van der Waals surface area (Å²) in [5, 5.41) is 1.06. The van der Waals surface area contributed by atoms with Crippen molar-refractivity contribution in [3.8, 4) is 17.0 Å². The Labute approximate surface area is 149 Å². The highest BCUT2D eigenvalue weighted by molar-refractivity contribution is 5.92. The van der Waals surface area contributed by atoms with E-state index in [1.807, 2.05) is 30.3 Å². The first-order chi connectivity index (χ1) is 12.7. The lowest BCUT2D eigenvalue weighted by Crippen LogP contribution is -2.13. The molecule has 0 unspecified atom stereocenters. The maximum atomic E-state index is 11.4. The summed E-state index contributed by atoms with van der Waals surface area (Å²) in [6.45, 7) is 0. The van der Waals surface area contributed by atoms with Gasteiger partial charge in [-0.05, 0) is 35.9 Å². The first kappa shape index (κ1) is 16.0. The highest BCUT2D eigenvalue weighted by Crippen LogP contribution is 2.33. The Balaban J connectivity index is 1.86. The average Bonchev–Trinajstić information content (AvgIpc) is 3.29. The van der Waals surface area contributed by atoms with Crippen LogP contribution in [0.2, 0.25) is 0 Å². The van der Waals surface area contributed by atoms with Crippen LogP contribution in [0.25, 0.3) is 22.2 Å². The molecule has 0 radical (unpaired) electrons. The molecule has 130 valence electrons. The fourth-order valence-corrected chi connectivity index (χ4v) is 3.09. The highest BCUT2D eigenvalue weighted by Gasteiger charge is 2.16. The molecule has 1 aromatic carbocycles. The van der Waals surface area contributed by atoms with Gasteiger partial charge in [0.2, 0.25) is 0 Å². The fraction of sp³-hybridized carbons (Fsp3) is 0.100. The van der Waals surface area contributed by atoms with Crippen LogP contribution in [0.15, 0.2) is 59.4 Å². The van der Waals surface area contributed by atoms with Crippen LogP contribution in [0.4, 0.5) is 0 Å². The number of ether oxygens (including phenoxy) is 1. The Morgan fingerprint density at radius 3 is 2.88 bits per heavy atom. The number of fused-ring (bicyclic) bond motifs is 1. The van der Waals surface area contributed by atoms with Crippen molar-refractivity contribution < 1.29 is 13.9 Å². The molecular formula is C20H17N3O3. The van der Waals surface area contributed by atoms with E-state index in [9.17, 15) is 4.79 Å². The predicted molar refractivity (Wildman–Crippen MR) is 98.1 cm³/mol. The van der Waals surface area contributed by atoms with Crippen molar-refractivity contribution in [2.45, 2.75) is 6.42 Å². The lowest BCUT2D eigenvalue weighted by Gasteiger charge is -2.05. The molecule has 4 aromatic rings. The molecule has 6 heteroatoms. The second-order valence-corrected chi connectivity index (χ2v) is 5.96. The van der Waals surface area contributed by atoms with Crippen molar-refractivity contribution >= 4 is 16.8 Å². The Morgan fingerprint density at radius 2 is 2.15 bits per heavy atom. The van der Waals surface area contributed by atoms with Crippen LogP contribution in [0.1, 0.15) is 21.7 Å². The van der Waals surface area contributed by atoms with Gasteiger partial charge in [-0.3, -0.25) is 4.79 Å². The van der Waals surface area contributed by atoms with E-state index in [0.717, 1.165) is 39.2 Å². The van der Waals surface area contributed by atoms with Gasteiger partial charge in [-0.25, -0.2) is 4.98 Å². The second kappa shape index (κ2) is 6.40. The van der Waals surface area contributed by atoms with Crippen LogP contribution in [0.3, 0.4) is 0 Å². The number of carbonyl (C=O) groups excluding carboxylic acids is 1. The molecule has 0 fully saturated rings. The molecule has 4 rings (SSSR count). The molecule has 6 nitrogen and oxygen atoms in total. The van der Waals surface area contributed by atoms with Gasteiger partial charge in [0, 0.05) is 34.6 Å². The number of aromatic nitrogens is 2. The van der Waals surface area contributed by atoms with Crippen LogP contribution in [0.5, 0.6) is 5.75 Å². The second-order valence-electron chi connectivity index (χ2n) is 5.96. The number of carbonyl (C=O) groups is 1. The molecule has 0 aliphatic rings. The summed E-state index contributed by atoms with van der Waals surface area (Å²) >= 11 is 0. The molecule has 0 bridgehead atoms. The minimum absolute atomic E-state index is 0.258. The monoisotopic (exact) mass is 347 g/mol. The minimum Gasteiger partial charge on any atom is -0.497 e. The Kier molecular flexibility index (Phi) is 3.93. The number of primary amides is 1. The molecule has 1 amide bonds. The maximum Gasteiger partial charge on any atom is 0.267 e. The quantitative estimate of drug-likeness (QED) is 0.577. The molecule has 0 saturated heterocycles. The number of H-pyrrole nitrogens is 1. The van der Waals surface area contributed by atoms with Gasteiger partial charge in [-0.15, -0.1) is 0 Å². The van der Waals surface area contributed by atoms with Crippen LogP contribution >= 0.6 is 0 Å². The van der Waals surface area contributed by atoms with Crippen LogP contribution in [-0.4, -0.2) is 23.0 Å². The number of benzene rings is 1. The van der Waals surface area contributed by atoms with E-state index in [1.165, 1.54) is 0 Å². The number of hydrogen-bond donors (Lipinski definition) is 2.